The maximum Gasteiger partial charge on any atom is 0.241 e. The highest BCUT2D eigenvalue weighted by molar-refractivity contribution is 5.82. The molecule has 16 heavy (non-hydrogen) atoms. The maximum absolute atomic E-state index is 12.0. The van der Waals surface area contributed by atoms with Crippen LogP contribution in [0.25, 0.3) is 0 Å². The predicted octanol–water partition coefficient (Wildman–Crippen LogP) is -0.489. The van der Waals surface area contributed by atoms with Gasteiger partial charge in [-0.3, -0.25) is 9.69 Å². The van der Waals surface area contributed by atoms with Crippen molar-refractivity contribution in [1.29, 1.82) is 0 Å². The second-order valence-electron chi connectivity index (χ2n) is 4.67. The molecule has 1 heterocycles. The largest absolute Gasteiger partial charge is 0.383 e. The van der Waals surface area contributed by atoms with Gasteiger partial charge in [-0.05, 0) is 20.9 Å². The molecule has 0 aliphatic carbocycles. The van der Waals surface area contributed by atoms with Crippen LogP contribution in [0.5, 0.6) is 0 Å². The summed E-state index contributed by atoms with van der Waals surface area (Å²) in [6.07, 6.45) is 0. The fourth-order valence-electron chi connectivity index (χ4n) is 2.07. The molecule has 2 N–H and O–H groups in total. The first kappa shape index (κ1) is 13.4. The van der Waals surface area contributed by atoms with Crippen molar-refractivity contribution in [2.45, 2.75) is 32.0 Å². The van der Waals surface area contributed by atoms with Crippen LogP contribution in [0.4, 0.5) is 0 Å². The Balaban J connectivity index is 2.57. The molecule has 0 aromatic carbocycles. The van der Waals surface area contributed by atoms with Gasteiger partial charge >= 0.3 is 0 Å². The first-order chi connectivity index (χ1) is 7.47. The van der Waals surface area contributed by atoms with Gasteiger partial charge in [0.05, 0.1) is 6.61 Å². The number of piperazine rings is 1. The van der Waals surface area contributed by atoms with Crippen LogP contribution < -0.4 is 5.73 Å². The number of hydrogen-bond acceptors (Lipinski definition) is 4. The van der Waals surface area contributed by atoms with E-state index >= 15 is 0 Å². The zero-order valence-corrected chi connectivity index (χ0v) is 10.6. The Hall–Kier alpha value is -0.650. The SMILES string of the molecule is COCC(N)C(=O)N1CC(C)N(C)C(C)C1. The van der Waals surface area contributed by atoms with E-state index in [1.54, 1.807) is 7.11 Å². The summed E-state index contributed by atoms with van der Waals surface area (Å²) < 4.78 is 4.91. The third kappa shape index (κ3) is 2.93. The number of hydrogen-bond donors (Lipinski definition) is 1. The van der Waals surface area contributed by atoms with Gasteiger partial charge in [-0.25, -0.2) is 0 Å². The maximum atomic E-state index is 12.0. The van der Waals surface area contributed by atoms with E-state index in [0.29, 0.717) is 12.1 Å². The van der Waals surface area contributed by atoms with E-state index in [4.69, 9.17) is 10.5 Å². The molecule has 3 unspecified atom stereocenters. The van der Waals surface area contributed by atoms with Crippen molar-refractivity contribution >= 4 is 5.91 Å². The van der Waals surface area contributed by atoms with Crippen LogP contribution in [-0.2, 0) is 9.53 Å². The van der Waals surface area contributed by atoms with Gasteiger partial charge in [-0.2, -0.15) is 0 Å². The number of amides is 1. The monoisotopic (exact) mass is 229 g/mol. The lowest BCUT2D eigenvalue weighted by Gasteiger charge is -2.43. The summed E-state index contributed by atoms with van der Waals surface area (Å²) in [6, 6.07) is 0.220. The Morgan fingerprint density at radius 1 is 1.44 bits per heavy atom. The lowest BCUT2D eigenvalue weighted by Crippen LogP contribution is -2.59. The third-order valence-electron chi connectivity index (χ3n) is 3.33. The fraction of sp³-hybridized carbons (Fsp3) is 0.909. The van der Waals surface area contributed by atoms with Gasteiger partial charge in [0.25, 0.3) is 0 Å². The molecule has 94 valence electrons. The number of rotatable bonds is 3. The quantitative estimate of drug-likeness (QED) is 0.709. The standard InChI is InChI=1S/C11H23N3O2/c1-8-5-14(6-9(2)13(8)3)11(15)10(12)7-16-4/h8-10H,5-7,12H2,1-4H3. The molecule has 1 saturated heterocycles. The number of carbonyl (C=O) groups excluding carboxylic acids is 1. The first-order valence-electron chi connectivity index (χ1n) is 5.72. The number of nitrogens with two attached hydrogens (primary N) is 1. The van der Waals surface area contributed by atoms with Crippen molar-refractivity contribution in [2.75, 3.05) is 33.9 Å². The molecule has 1 aliphatic heterocycles. The summed E-state index contributed by atoms with van der Waals surface area (Å²) in [7, 11) is 3.65. The minimum absolute atomic E-state index is 0.00588. The highest BCUT2D eigenvalue weighted by Gasteiger charge is 2.31. The highest BCUT2D eigenvalue weighted by Crippen LogP contribution is 2.13. The summed E-state index contributed by atoms with van der Waals surface area (Å²) in [5, 5.41) is 0. The highest BCUT2D eigenvalue weighted by atomic mass is 16.5. The molecular weight excluding hydrogens is 206 g/mol. The molecule has 3 atom stereocenters. The minimum Gasteiger partial charge on any atom is -0.383 e. The third-order valence-corrected chi connectivity index (χ3v) is 3.33. The molecule has 1 fully saturated rings. The summed E-state index contributed by atoms with van der Waals surface area (Å²) in [5.74, 6) is -0.00588. The zero-order chi connectivity index (χ0) is 12.3. The average molecular weight is 229 g/mol. The molecule has 0 radical (unpaired) electrons. The van der Waals surface area contributed by atoms with Crippen LogP contribution in [0.1, 0.15) is 13.8 Å². The fourth-order valence-corrected chi connectivity index (χ4v) is 2.07. The van der Waals surface area contributed by atoms with E-state index in [1.807, 2.05) is 4.90 Å². The summed E-state index contributed by atoms with van der Waals surface area (Å²) >= 11 is 0. The van der Waals surface area contributed by atoms with E-state index in [0.717, 1.165) is 13.1 Å². The lowest BCUT2D eigenvalue weighted by atomic mass is 10.1. The Morgan fingerprint density at radius 3 is 2.38 bits per heavy atom. The number of nitrogens with zero attached hydrogens (tertiary/aromatic N) is 2. The van der Waals surface area contributed by atoms with Gasteiger partial charge in [0, 0.05) is 32.3 Å². The van der Waals surface area contributed by atoms with Crippen LogP contribution in [0.15, 0.2) is 0 Å². The second-order valence-corrected chi connectivity index (χ2v) is 4.67. The van der Waals surface area contributed by atoms with Crippen molar-refractivity contribution in [3.05, 3.63) is 0 Å². The molecule has 0 spiro atoms. The molecule has 0 saturated carbocycles. The summed E-state index contributed by atoms with van der Waals surface area (Å²) in [6.45, 7) is 6.03. The van der Waals surface area contributed by atoms with Crippen molar-refractivity contribution in [3.8, 4) is 0 Å². The van der Waals surface area contributed by atoms with Crippen LogP contribution >= 0.6 is 0 Å². The molecular formula is C11H23N3O2. The number of ether oxygens (including phenoxy) is 1. The molecule has 1 amide bonds. The average Bonchev–Trinajstić information content (AvgIpc) is 2.24. The van der Waals surface area contributed by atoms with Gasteiger partial charge in [0.15, 0.2) is 0 Å². The van der Waals surface area contributed by atoms with E-state index < -0.39 is 6.04 Å². The number of methoxy groups -OCH3 is 1. The summed E-state index contributed by atoms with van der Waals surface area (Å²) in [4.78, 5) is 16.1. The van der Waals surface area contributed by atoms with Crippen molar-refractivity contribution in [2.24, 2.45) is 5.73 Å². The second kappa shape index (κ2) is 5.61. The summed E-state index contributed by atoms with van der Waals surface area (Å²) in [5.41, 5.74) is 5.75. The van der Waals surface area contributed by atoms with Crippen LogP contribution in [0, 0.1) is 0 Å². The topological polar surface area (TPSA) is 58.8 Å². The van der Waals surface area contributed by atoms with Gasteiger partial charge in [0.1, 0.15) is 6.04 Å². The Kier molecular flexibility index (Phi) is 4.70. The van der Waals surface area contributed by atoms with E-state index in [9.17, 15) is 4.79 Å². The van der Waals surface area contributed by atoms with Gasteiger partial charge in [0.2, 0.25) is 5.91 Å². The first-order valence-corrected chi connectivity index (χ1v) is 5.72. The Labute approximate surface area is 97.5 Å². The smallest absolute Gasteiger partial charge is 0.241 e. The minimum atomic E-state index is -0.534. The van der Waals surface area contributed by atoms with E-state index in [-0.39, 0.29) is 12.5 Å². The molecule has 1 aliphatic rings. The van der Waals surface area contributed by atoms with E-state index in [2.05, 4.69) is 25.8 Å². The molecule has 0 aromatic rings. The molecule has 5 heteroatoms. The normalized spacial score (nSPS) is 29.2. The van der Waals surface area contributed by atoms with Gasteiger partial charge in [-0.15, -0.1) is 0 Å². The van der Waals surface area contributed by atoms with E-state index in [1.165, 1.54) is 0 Å². The Bertz CT molecular complexity index is 235. The van der Waals surface area contributed by atoms with Crippen LogP contribution in [0.2, 0.25) is 0 Å². The zero-order valence-electron chi connectivity index (χ0n) is 10.6. The predicted molar refractivity (Wildman–Crippen MR) is 63.1 cm³/mol. The van der Waals surface area contributed by atoms with Crippen molar-refractivity contribution < 1.29 is 9.53 Å². The number of likely N-dealkylation sites (N-methyl/N-ethyl adjacent to an activating group) is 1. The van der Waals surface area contributed by atoms with Crippen molar-refractivity contribution in [3.63, 3.8) is 0 Å². The molecule has 0 bridgehead atoms. The Morgan fingerprint density at radius 2 is 1.94 bits per heavy atom. The van der Waals surface area contributed by atoms with Crippen LogP contribution in [0.3, 0.4) is 0 Å². The van der Waals surface area contributed by atoms with Gasteiger partial charge in [-0.1, -0.05) is 0 Å². The lowest BCUT2D eigenvalue weighted by molar-refractivity contribution is -0.137. The number of carbonyl (C=O) groups is 1. The molecule has 5 nitrogen and oxygen atoms in total. The van der Waals surface area contributed by atoms with Crippen LogP contribution in [-0.4, -0.2) is 67.7 Å². The molecule has 0 aromatic heterocycles. The molecule has 1 rings (SSSR count). The van der Waals surface area contributed by atoms with Gasteiger partial charge < -0.3 is 15.4 Å². The van der Waals surface area contributed by atoms with Crippen molar-refractivity contribution in [1.82, 2.24) is 9.80 Å².